The van der Waals surface area contributed by atoms with Crippen LogP contribution in [0.15, 0.2) is 35.7 Å². The second-order valence-electron chi connectivity index (χ2n) is 4.04. The zero-order valence-corrected chi connectivity index (χ0v) is 11.4. The molecular formula is C14H15NO3S. The molecule has 1 aromatic carbocycles. The molecule has 0 radical (unpaired) electrons. The molecule has 0 bridgehead atoms. The number of nitrogens with one attached hydrogen (secondary N) is 1. The van der Waals surface area contributed by atoms with Crippen molar-refractivity contribution in [3.05, 3.63) is 51.7 Å². The maximum Gasteiger partial charge on any atom is 0.346 e. The molecule has 19 heavy (non-hydrogen) atoms. The van der Waals surface area contributed by atoms with Crippen molar-refractivity contribution < 1.29 is 14.6 Å². The van der Waals surface area contributed by atoms with Gasteiger partial charge in [0.1, 0.15) is 10.6 Å². The van der Waals surface area contributed by atoms with Crippen LogP contribution in [0.25, 0.3) is 0 Å². The fourth-order valence-corrected chi connectivity index (χ4v) is 2.55. The van der Waals surface area contributed by atoms with E-state index >= 15 is 0 Å². The van der Waals surface area contributed by atoms with Crippen molar-refractivity contribution in [2.75, 3.05) is 7.11 Å². The van der Waals surface area contributed by atoms with E-state index in [-0.39, 0.29) is 0 Å². The minimum Gasteiger partial charge on any atom is -0.497 e. The first kappa shape index (κ1) is 13.6. The van der Waals surface area contributed by atoms with E-state index in [1.807, 2.05) is 30.3 Å². The Balaban J connectivity index is 1.92. The molecule has 5 heteroatoms. The molecule has 0 amide bonds. The van der Waals surface area contributed by atoms with Crippen molar-refractivity contribution in [3.63, 3.8) is 0 Å². The number of methoxy groups -OCH3 is 1. The molecule has 2 N–H and O–H groups in total. The average Bonchev–Trinajstić information content (AvgIpc) is 2.87. The molecule has 4 nitrogen and oxygen atoms in total. The van der Waals surface area contributed by atoms with E-state index in [9.17, 15) is 4.79 Å². The lowest BCUT2D eigenvalue weighted by Crippen LogP contribution is -2.14. The second kappa shape index (κ2) is 6.36. The number of thiophene rings is 1. The molecule has 0 aliphatic rings. The van der Waals surface area contributed by atoms with Crippen LogP contribution in [0.3, 0.4) is 0 Å². The number of carboxylic acid groups (broad SMARTS) is 1. The van der Waals surface area contributed by atoms with E-state index < -0.39 is 5.97 Å². The van der Waals surface area contributed by atoms with Crippen molar-refractivity contribution in [1.82, 2.24) is 5.32 Å². The van der Waals surface area contributed by atoms with Gasteiger partial charge in [-0.1, -0.05) is 12.1 Å². The summed E-state index contributed by atoms with van der Waals surface area (Å²) in [6.45, 7) is 1.22. The third-order valence-electron chi connectivity index (χ3n) is 2.72. The molecule has 1 aromatic heterocycles. The van der Waals surface area contributed by atoms with Gasteiger partial charge in [0.15, 0.2) is 0 Å². The predicted octanol–water partition coefficient (Wildman–Crippen LogP) is 2.74. The highest BCUT2D eigenvalue weighted by Gasteiger charge is 2.10. The Morgan fingerprint density at radius 2 is 2.21 bits per heavy atom. The highest BCUT2D eigenvalue weighted by molar-refractivity contribution is 7.12. The Bertz CT molecular complexity index is 565. The van der Waals surface area contributed by atoms with Crippen LogP contribution in [0.1, 0.15) is 20.8 Å². The smallest absolute Gasteiger partial charge is 0.346 e. The number of rotatable bonds is 6. The minimum absolute atomic E-state index is 0.401. The van der Waals surface area contributed by atoms with Gasteiger partial charge in [-0.15, -0.1) is 11.3 Å². The highest BCUT2D eigenvalue weighted by Crippen LogP contribution is 2.17. The SMILES string of the molecule is COc1cccc(CNCc2ccsc2C(=O)O)c1. The Kier molecular flexibility index (Phi) is 4.54. The number of carbonyl (C=O) groups is 1. The molecule has 0 unspecified atom stereocenters. The Morgan fingerprint density at radius 1 is 1.37 bits per heavy atom. The summed E-state index contributed by atoms with van der Waals surface area (Å²) >= 11 is 1.25. The lowest BCUT2D eigenvalue weighted by Gasteiger charge is -2.06. The van der Waals surface area contributed by atoms with Crippen molar-refractivity contribution in [2.45, 2.75) is 13.1 Å². The molecule has 100 valence electrons. The van der Waals surface area contributed by atoms with Gasteiger partial charge < -0.3 is 15.2 Å². The number of carboxylic acids is 1. The van der Waals surface area contributed by atoms with Gasteiger partial charge in [0.05, 0.1) is 7.11 Å². The molecule has 0 aliphatic heterocycles. The third kappa shape index (κ3) is 3.56. The summed E-state index contributed by atoms with van der Waals surface area (Å²) < 4.78 is 5.15. The maximum absolute atomic E-state index is 11.0. The van der Waals surface area contributed by atoms with E-state index in [4.69, 9.17) is 9.84 Å². The van der Waals surface area contributed by atoms with Crippen LogP contribution in [0.5, 0.6) is 5.75 Å². The van der Waals surface area contributed by atoms with Gasteiger partial charge in [-0.05, 0) is 34.7 Å². The summed E-state index contributed by atoms with van der Waals surface area (Å²) in [6.07, 6.45) is 0. The van der Waals surface area contributed by atoms with E-state index in [2.05, 4.69) is 5.32 Å². The van der Waals surface area contributed by atoms with Gasteiger partial charge >= 0.3 is 5.97 Å². The molecule has 2 rings (SSSR count). The monoisotopic (exact) mass is 277 g/mol. The Labute approximate surface area is 115 Å². The molecule has 0 saturated carbocycles. The van der Waals surface area contributed by atoms with E-state index in [0.717, 1.165) is 16.9 Å². The number of aromatic carboxylic acids is 1. The van der Waals surface area contributed by atoms with Crippen molar-refractivity contribution >= 4 is 17.3 Å². The summed E-state index contributed by atoms with van der Waals surface area (Å²) in [5.41, 5.74) is 1.92. The van der Waals surface area contributed by atoms with Crippen LogP contribution in [0.2, 0.25) is 0 Å². The first-order chi connectivity index (χ1) is 9.20. The predicted molar refractivity (Wildman–Crippen MR) is 74.8 cm³/mol. The Hall–Kier alpha value is -1.85. The summed E-state index contributed by atoms with van der Waals surface area (Å²) in [6, 6.07) is 9.63. The van der Waals surface area contributed by atoms with E-state index in [0.29, 0.717) is 18.0 Å². The summed E-state index contributed by atoms with van der Waals surface area (Å²) in [4.78, 5) is 11.4. The van der Waals surface area contributed by atoms with Gasteiger partial charge in [-0.2, -0.15) is 0 Å². The van der Waals surface area contributed by atoms with Crippen LogP contribution in [0, 0.1) is 0 Å². The molecule has 0 fully saturated rings. The molecule has 0 spiro atoms. The third-order valence-corrected chi connectivity index (χ3v) is 3.66. The minimum atomic E-state index is -0.867. The van der Waals surface area contributed by atoms with Crippen molar-refractivity contribution in [1.29, 1.82) is 0 Å². The molecular weight excluding hydrogens is 262 g/mol. The van der Waals surface area contributed by atoms with Crippen LogP contribution in [-0.2, 0) is 13.1 Å². The van der Waals surface area contributed by atoms with E-state index in [1.54, 1.807) is 12.5 Å². The highest BCUT2D eigenvalue weighted by atomic mass is 32.1. The van der Waals surface area contributed by atoms with E-state index in [1.165, 1.54) is 11.3 Å². The summed E-state index contributed by atoms with van der Waals surface area (Å²) in [7, 11) is 1.64. The number of ether oxygens (including phenoxy) is 1. The topological polar surface area (TPSA) is 58.6 Å². The molecule has 2 aromatic rings. The zero-order chi connectivity index (χ0) is 13.7. The van der Waals surface area contributed by atoms with Crippen molar-refractivity contribution in [3.8, 4) is 5.75 Å². The van der Waals surface area contributed by atoms with Gasteiger partial charge in [-0.3, -0.25) is 0 Å². The van der Waals surface area contributed by atoms with Gasteiger partial charge in [0, 0.05) is 13.1 Å². The zero-order valence-electron chi connectivity index (χ0n) is 10.6. The second-order valence-corrected chi connectivity index (χ2v) is 4.95. The molecule has 0 aliphatic carbocycles. The summed E-state index contributed by atoms with van der Waals surface area (Å²) in [5, 5.41) is 14.0. The lowest BCUT2D eigenvalue weighted by atomic mass is 10.2. The number of hydrogen-bond donors (Lipinski definition) is 2. The Morgan fingerprint density at radius 3 is 2.95 bits per heavy atom. The molecule has 1 heterocycles. The van der Waals surface area contributed by atoms with Gasteiger partial charge in [0.25, 0.3) is 0 Å². The first-order valence-electron chi connectivity index (χ1n) is 5.84. The largest absolute Gasteiger partial charge is 0.497 e. The fraction of sp³-hybridized carbons (Fsp3) is 0.214. The first-order valence-corrected chi connectivity index (χ1v) is 6.72. The normalized spacial score (nSPS) is 10.4. The fourth-order valence-electron chi connectivity index (χ4n) is 1.79. The molecule has 0 atom stereocenters. The van der Waals surface area contributed by atoms with Gasteiger partial charge in [0.2, 0.25) is 0 Å². The van der Waals surface area contributed by atoms with Crippen LogP contribution < -0.4 is 10.1 Å². The quantitative estimate of drug-likeness (QED) is 0.852. The molecule has 0 saturated heterocycles. The van der Waals surface area contributed by atoms with Crippen LogP contribution in [0.4, 0.5) is 0 Å². The van der Waals surface area contributed by atoms with Gasteiger partial charge in [-0.25, -0.2) is 4.79 Å². The maximum atomic E-state index is 11.0. The van der Waals surface area contributed by atoms with Crippen LogP contribution in [-0.4, -0.2) is 18.2 Å². The van der Waals surface area contributed by atoms with Crippen LogP contribution >= 0.6 is 11.3 Å². The lowest BCUT2D eigenvalue weighted by molar-refractivity contribution is 0.0701. The number of hydrogen-bond acceptors (Lipinski definition) is 4. The standard InChI is InChI=1S/C14H15NO3S/c1-18-12-4-2-3-10(7-12)8-15-9-11-5-6-19-13(11)14(16)17/h2-7,15H,8-9H2,1H3,(H,16,17). The average molecular weight is 277 g/mol. The number of benzene rings is 1. The van der Waals surface area contributed by atoms with Crippen molar-refractivity contribution in [2.24, 2.45) is 0 Å². The summed E-state index contributed by atoms with van der Waals surface area (Å²) in [5.74, 6) is -0.0470.